The molecule has 1 atom stereocenters. The molecule has 0 radical (unpaired) electrons. The number of methoxy groups -OCH3 is 1. The van der Waals surface area contributed by atoms with E-state index in [1.807, 2.05) is 6.26 Å². The molecule has 1 aliphatic heterocycles. The lowest BCUT2D eigenvalue weighted by atomic mass is 10.1. The first-order chi connectivity index (χ1) is 11.9. The molecule has 0 aromatic heterocycles. The summed E-state index contributed by atoms with van der Waals surface area (Å²) in [5.74, 6) is -0.616. The van der Waals surface area contributed by atoms with Crippen molar-refractivity contribution in [2.24, 2.45) is 0 Å². The van der Waals surface area contributed by atoms with Crippen molar-refractivity contribution in [1.29, 1.82) is 0 Å². The Morgan fingerprint density at radius 2 is 2.24 bits per heavy atom. The molecule has 1 aromatic carbocycles. The maximum atomic E-state index is 12.6. The number of nitrogens with zero attached hydrogens (tertiary/aromatic N) is 1. The fraction of sp³-hybridized carbons (Fsp3) is 0.312. The smallest absolute Gasteiger partial charge is 0.326 e. The Labute approximate surface area is 159 Å². The van der Waals surface area contributed by atoms with E-state index >= 15 is 0 Å². The number of aliphatic carboxylic acids is 1. The van der Waals surface area contributed by atoms with Gasteiger partial charge in [0.2, 0.25) is 0 Å². The minimum absolute atomic E-state index is 0.0462. The highest BCUT2D eigenvalue weighted by Gasteiger charge is 2.40. The minimum Gasteiger partial charge on any atom is -0.504 e. The van der Waals surface area contributed by atoms with Gasteiger partial charge in [0.05, 0.1) is 12.0 Å². The van der Waals surface area contributed by atoms with Crippen molar-refractivity contribution < 1.29 is 24.5 Å². The molecule has 0 spiro atoms. The van der Waals surface area contributed by atoms with Gasteiger partial charge in [0.1, 0.15) is 10.4 Å². The number of aromatic hydroxyl groups is 1. The number of benzene rings is 1. The van der Waals surface area contributed by atoms with Crippen LogP contribution in [0, 0.1) is 0 Å². The largest absolute Gasteiger partial charge is 0.504 e. The van der Waals surface area contributed by atoms with Crippen molar-refractivity contribution in [2.75, 3.05) is 19.1 Å². The molecular formula is C16H17NO5S3. The average molecular weight is 400 g/mol. The van der Waals surface area contributed by atoms with Crippen LogP contribution in [-0.4, -0.2) is 56.5 Å². The predicted octanol–water partition coefficient (Wildman–Crippen LogP) is 2.81. The molecule has 1 heterocycles. The lowest BCUT2D eigenvalue weighted by Crippen LogP contribution is -2.44. The summed E-state index contributed by atoms with van der Waals surface area (Å²) in [6, 6.07) is 3.76. The Bertz CT molecular complexity index is 734. The van der Waals surface area contributed by atoms with Gasteiger partial charge in [-0.2, -0.15) is 11.8 Å². The first-order valence-corrected chi connectivity index (χ1v) is 9.86. The van der Waals surface area contributed by atoms with Crippen LogP contribution in [0.3, 0.4) is 0 Å². The second-order valence-corrected chi connectivity index (χ2v) is 7.78. The summed E-state index contributed by atoms with van der Waals surface area (Å²) in [6.07, 6.45) is 3.77. The van der Waals surface area contributed by atoms with E-state index in [0.29, 0.717) is 28.4 Å². The van der Waals surface area contributed by atoms with Crippen LogP contribution in [0.25, 0.3) is 6.08 Å². The topological polar surface area (TPSA) is 87.1 Å². The number of ether oxygens (including phenoxy) is 1. The molecule has 25 heavy (non-hydrogen) atoms. The van der Waals surface area contributed by atoms with Crippen molar-refractivity contribution >= 4 is 58.0 Å². The van der Waals surface area contributed by atoms with Gasteiger partial charge in [-0.15, -0.1) is 0 Å². The van der Waals surface area contributed by atoms with Gasteiger partial charge in [-0.25, -0.2) is 4.79 Å². The van der Waals surface area contributed by atoms with Crippen LogP contribution in [0.2, 0.25) is 0 Å². The standard InChI is InChI=1S/C16H17NO5S3/c1-22-12-4-3-9(7-11(12)18)8-13-14(19)17(16(23)25-13)10(15(20)21)5-6-24-2/h3-4,7-8,10,18H,5-6H2,1-2H3,(H,20,21)/b13-8-/t10-/m1/s1. The van der Waals surface area contributed by atoms with Gasteiger partial charge in [-0.05, 0) is 42.2 Å². The minimum atomic E-state index is -1.08. The zero-order valence-corrected chi connectivity index (χ0v) is 16.0. The van der Waals surface area contributed by atoms with E-state index in [0.717, 1.165) is 16.7 Å². The molecule has 1 aromatic rings. The number of carboxylic acids is 1. The summed E-state index contributed by atoms with van der Waals surface area (Å²) in [4.78, 5) is 25.6. The number of hydrogen-bond acceptors (Lipinski definition) is 7. The molecule has 134 valence electrons. The predicted molar refractivity (Wildman–Crippen MR) is 104 cm³/mol. The zero-order chi connectivity index (χ0) is 18.6. The van der Waals surface area contributed by atoms with Crippen molar-refractivity contribution in [1.82, 2.24) is 4.90 Å². The van der Waals surface area contributed by atoms with Crippen LogP contribution in [0.4, 0.5) is 0 Å². The second-order valence-electron chi connectivity index (χ2n) is 5.12. The lowest BCUT2D eigenvalue weighted by Gasteiger charge is -2.22. The molecule has 2 N–H and O–H groups in total. The summed E-state index contributed by atoms with van der Waals surface area (Å²) in [5, 5.41) is 19.3. The molecule has 9 heteroatoms. The maximum Gasteiger partial charge on any atom is 0.326 e. The third kappa shape index (κ3) is 4.47. The number of phenolic OH excluding ortho intramolecular Hbond substituents is 1. The first kappa shape index (κ1) is 19.6. The number of phenols is 1. The quantitative estimate of drug-likeness (QED) is 0.535. The van der Waals surface area contributed by atoms with Crippen molar-refractivity contribution in [2.45, 2.75) is 12.5 Å². The molecule has 0 bridgehead atoms. The number of carbonyl (C=O) groups is 2. The van der Waals surface area contributed by atoms with Gasteiger partial charge in [0, 0.05) is 0 Å². The van der Waals surface area contributed by atoms with Gasteiger partial charge in [-0.1, -0.05) is 30.0 Å². The van der Waals surface area contributed by atoms with Crippen LogP contribution in [0.5, 0.6) is 11.5 Å². The molecule has 0 saturated carbocycles. The molecule has 1 amide bonds. The third-order valence-electron chi connectivity index (χ3n) is 3.52. The molecule has 1 aliphatic rings. The van der Waals surface area contributed by atoms with E-state index in [-0.39, 0.29) is 10.1 Å². The SMILES string of the molecule is COc1ccc(/C=C2\SC(=S)N([C@H](CCSC)C(=O)O)C2=O)cc1O. The Morgan fingerprint density at radius 1 is 1.52 bits per heavy atom. The number of carboxylic acid groups (broad SMARTS) is 1. The number of hydrogen-bond donors (Lipinski definition) is 2. The summed E-state index contributed by atoms with van der Waals surface area (Å²) in [5.41, 5.74) is 0.592. The molecule has 0 unspecified atom stereocenters. The van der Waals surface area contributed by atoms with E-state index < -0.39 is 17.9 Å². The van der Waals surface area contributed by atoms with Crippen LogP contribution < -0.4 is 4.74 Å². The number of thioether (sulfide) groups is 2. The number of amides is 1. The normalized spacial score (nSPS) is 17.2. The van der Waals surface area contributed by atoms with E-state index in [1.165, 1.54) is 24.9 Å². The second kappa shape index (κ2) is 8.59. The van der Waals surface area contributed by atoms with Gasteiger partial charge in [-0.3, -0.25) is 9.69 Å². The summed E-state index contributed by atoms with van der Waals surface area (Å²) < 4.78 is 5.21. The van der Waals surface area contributed by atoms with E-state index in [9.17, 15) is 19.8 Å². The van der Waals surface area contributed by atoms with Gasteiger partial charge in [0.25, 0.3) is 5.91 Å². The summed E-state index contributed by atoms with van der Waals surface area (Å²) in [7, 11) is 1.44. The Kier molecular flexibility index (Phi) is 6.74. The fourth-order valence-corrected chi connectivity index (χ4v) is 4.10. The van der Waals surface area contributed by atoms with E-state index in [2.05, 4.69) is 0 Å². The zero-order valence-electron chi connectivity index (χ0n) is 13.6. The first-order valence-electron chi connectivity index (χ1n) is 7.24. The van der Waals surface area contributed by atoms with Crippen LogP contribution in [0.15, 0.2) is 23.1 Å². The van der Waals surface area contributed by atoms with Crippen molar-refractivity contribution in [3.8, 4) is 11.5 Å². The molecule has 2 rings (SSSR count). The molecule has 1 fully saturated rings. The number of carbonyl (C=O) groups excluding carboxylic acids is 1. The van der Waals surface area contributed by atoms with Crippen LogP contribution in [-0.2, 0) is 9.59 Å². The Balaban J connectivity index is 2.27. The van der Waals surface area contributed by atoms with Crippen LogP contribution in [0.1, 0.15) is 12.0 Å². The lowest BCUT2D eigenvalue weighted by molar-refractivity contribution is -0.145. The summed E-state index contributed by atoms with van der Waals surface area (Å²) in [6.45, 7) is 0. The Hall–Kier alpha value is -1.71. The fourth-order valence-electron chi connectivity index (χ4n) is 2.29. The highest BCUT2D eigenvalue weighted by Crippen LogP contribution is 2.36. The van der Waals surface area contributed by atoms with Crippen molar-refractivity contribution in [3.63, 3.8) is 0 Å². The number of thiocarbonyl (C=S) groups is 1. The van der Waals surface area contributed by atoms with Crippen LogP contribution >= 0.6 is 35.7 Å². The maximum absolute atomic E-state index is 12.6. The van der Waals surface area contributed by atoms with E-state index in [4.69, 9.17) is 17.0 Å². The van der Waals surface area contributed by atoms with Crippen molar-refractivity contribution in [3.05, 3.63) is 28.7 Å². The molecule has 0 aliphatic carbocycles. The van der Waals surface area contributed by atoms with Gasteiger partial charge in [0.15, 0.2) is 11.5 Å². The Morgan fingerprint density at radius 3 is 2.80 bits per heavy atom. The number of rotatable bonds is 7. The highest BCUT2D eigenvalue weighted by atomic mass is 32.2. The van der Waals surface area contributed by atoms with Gasteiger partial charge < -0.3 is 14.9 Å². The monoisotopic (exact) mass is 399 g/mol. The molecule has 6 nitrogen and oxygen atoms in total. The molecule has 1 saturated heterocycles. The van der Waals surface area contributed by atoms with E-state index in [1.54, 1.807) is 18.2 Å². The average Bonchev–Trinajstić information content (AvgIpc) is 2.83. The highest BCUT2D eigenvalue weighted by molar-refractivity contribution is 8.26. The molecular weight excluding hydrogens is 382 g/mol. The summed E-state index contributed by atoms with van der Waals surface area (Å²) >= 11 is 7.78. The third-order valence-corrected chi connectivity index (χ3v) is 5.49. The van der Waals surface area contributed by atoms with Gasteiger partial charge >= 0.3 is 5.97 Å².